The van der Waals surface area contributed by atoms with Crippen molar-refractivity contribution in [2.45, 2.75) is 20.4 Å². The van der Waals surface area contributed by atoms with Gasteiger partial charge in [0.2, 0.25) is 0 Å². The Morgan fingerprint density at radius 2 is 1.97 bits per heavy atom. The van der Waals surface area contributed by atoms with Gasteiger partial charge in [0.25, 0.3) is 0 Å². The molecule has 0 bridgehead atoms. The first-order chi connectivity index (χ1) is 15.0. The van der Waals surface area contributed by atoms with Crippen molar-refractivity contribution in [3.63, 3.8) is 0 Å². The summed E-state index contributed by atoms with van der Waals surface area (Å²) in [6.45, 7) is 7.41. The van der Waals surface area contributed by atoms with E-state index >= 15 is 0 Å². The number of nitrogen functional groups attached to an aromatic ring is 1. The number of nitrogens with two attached hydrogens (primary N) is 1. The summed E-state index contributed by atoms with van der Waals surface area (Å²) in [5.41, 5.74) is 8.76. The lowest BCUT2D eigenvalue weighted by Gasteiger charge is -2.17. The molecule has 0 unspecified atom stereocenters. The Kier molecular flexibility index (Phi) is 5.99. The van der Waals surface area contributed by atoms with Crippen LogP contribution >= 0.6 is 11.6 Å². The normalized spacial score (nSPS) is 11.2. The number of halogens is 1. The molecule has 0 amide bonds. The molecule has 0 spiro atoms. The van der Waals surface area contributed by atoms with E-state index in [0.717, 1.165) is 41.5 Å². The van der Waals surface area contributed by atoms with Gasteiger partial charge in [-0.2, -0.15) is 0 Å². The van der Waals surface area contributed by atoms with Crippen LogP contribution in [-0.2, 0) is 6.54 Å². The number of likely N-dealkylation sites (N-methyl/N-ethyl adjacent to an activating group) is 1. The summed E-state index contributed by atoms with van der Waals surface area (Å²) in [5, 5.41) is 2.38. The SMILES string of the molecule is CCN(CC)CCn1c(=O)oc2ccc(C#Cc3c(N)ncc4ccc(Cl)cc34)cc21. The van der Waals surface area contributed by atoms with E-state index in [0.29, 0.717) is 28.5 Å². The highest BCUT2D eigenvalue weighted by molar-refractivity contribution is 6.31. The summed E-state index contributed by atoms with van der Waals surface area (Å²) in [4.78, 5) is 18.8. The molecule has 0 aliphatic rings. The van der Waals surface area contributed by atoms with Gasteiger partial charge in [-0.3, -0.25) is 4.57 Å². The number of hydrogen-bond acceptors (Lipinski definition) is 5. The Bertz CT molecular complexity index is 1370. The van der Waals surface area contributed by atoms with Crippen molar-refractivity contribution in [1.29, 1.82) is 0 Å². The fourth-order valence-electron chi connectivity index (χ4n) is 3.60. The average Bonchev–Trinajstić information content (AvgIpc) is 3.08. The van der Waals surface area contributed by atoms with Gasteiger partial charge in [0, 0.05) is 40.6 Å². The van der Waals surface area contributed by atoms with Crippen LogP contribution in [0.25, 0.3) is 21.9 Å². The maximum Gasteiger partial charge on any atom is 0.419 e. The molecule has 6 nitrogen and oxygen atoms in total. The maximum absolute atomic E-state index is 12.3. The number of pyridine rings is 1. The van der Waals surface area contributed by atoms with Crippen LogP contribution < -0.4 is 11.5 Å². The van der Waals surface area contributed by atoms with Crippen molar-refractivity contribution in [2.24, 2.45) is 0 Å². The predicted octanol–water partition coefficient (Wildman–Crippen LogP) is 4.12. The van der Waals surface area contributed by atoms with Crippen molar-refractivity contribution in [3.8, 4) is 11.8 Å². The standard InChI is InChI=1S/C24H23ClN4O2/c1-3-28(4-2)11-12-29-21-13-16(6-10-22(21)31-24(29)30)5-9-19-20-14-18(25)8-7-17(20)15-27-23(19)26/h6-8,10,13-15H,3-4,11-12H2,1-2H3,(H2,26,27). The number of nitrogens with zero attached hydrogens (tertiary/aromatic N) is 3. The topological polar surface area (TPSA) is 77.3 Å². The number of hydrogen-bond donors (Lipinski definition) is 1. The Labute approximate surface area is 185 Å². The van der Waals surface area contributed by atoms with Crippen molar-refractivity contribution < 1.29 is 4.42 Å². The Balaban J connectivity index is 1.73. The van der Waals surface area contributed by atoms with Gasteiger partial charge in [-0.25, -0.2) is 9.78 Å². The number of aromatic nitrogens is 2. The maximum atomic E-state index is 12.3. The second-order valence-electron chi connectivity index (χ2n) is 7.23. The third kappa shape index (κ3) is 4.29. The molecule has 4 aromatic rings. The zero-order valence-electron chi connectivity index (χ0n) is 17.5. The second kappa shape index (κ2) is 8.84. The van der Waals surface area contributed by atoms with Crippen molar-refractivity contribution in [2.75, 3.05) is 25.4 Å². The van der Waals surface area contributed by atoms with Gasteiger partial charge < -0.3 is 15.1 Å². The van der Waals surface area contributed by atoms with Crippen molar-refractivity contribution in [1.82, 2.24) is 14.5 Å². The molecule has 31 heavy (non-hydrogen) atoms. The van der Waals surface area contributed by atoms with Gasteiger partial charge in [0.05, 0.1) is 11.1 Å². The average molecular weight is 435 g/mol. The Hall–Kier alpha value is -3.27. The molecule has 2 N–H and O–H groups in total. The summed E-state index contributed by atoms with van der Waals surface area (Å²) in [6.07, 6.45) is 1.71. The molecular weight excluding hydrogens is 412 g/mol. The van der Waals surface area contributed by atoms with E-state index in [4.69, 9.17) is 21.8 Å². The molecule has 0 fully saturated rings. The molecule has 7 heteroatoms. The monoisotopic (exact) mass is 434 g/mol. The minimum Gasteiger partial charge on any atom is -0.408 e. The van der Waals surface area contributed by atoms with Crippen molar-refractivity contribution >= 4 is 39.3 Å². The summed E-state index contributed by atoms with van der Waals surface area (Å²) in [7, 11) is 0. The third-order valence-electron chi connectivity index (χ3n) is 5.42. The van der Waals surface area contributed by atoms with E-state index in [1.54, 1.807) is 16.8 Å². The Morgan fingerprint density at radius 1 is 1.16 bits per heavy atom. The predicted molar refractivity (Wildman–Crippen MR) is 125 cm³/mol. The number of rotatable bonds is 5. The summed E-state index contributed by atoms with van der Waals surface area (Å²) in [6, 6.07) is 11.0. The first kappa shape index (κ1) is 21.0. The molecule has 0 atom stereocenters. The highest BCUT2D eigenvalue weighted by Crippen LogP contribution is 2.25. The minimum atomic E-state index is -0.357. The van der Waals surface area contributed by atoms with E-state index < -0.39 is 0 Å². The third-order valence-corrected chi connectivity index (χ3v) is 5.65. The van der Waals surface area contributed by atoms with E-state index in [1.807, 2.05) is 30.3 Å². The largest absolute Gasteiger partial charge is 0.419 e. The summed E-state index contributed by atoms with van der Waals surface area (Å²) >= 11 is 6.16. The van der Waals surface area contributed by atoms with Gasteiger partial charge in [-0.15, -0.1) is 0 Å². The number of anilines is 1. The number of oxazole rings is 1. The van der Waals surface area contributed by atoms with Crippen molar-refractivity contribution in [3.05, 3.63) is 69.3 Å². The van der Waals surface area contributed by atoms with E-state index in [1.165, 1.54) is 0 Å². The fourth-order valence-corrected chi connectivity index (χ4v) is 3.77. The highest BCUT2D eigenvalue weighted by Gasteiger charge is 2.11. The van der Waals surface area contributed by atoms with Crippen LogP contribution in [0.2, 0.25) is 5.02 Å². The van der Waals surface area contributed by atoms with Gasteiger partial charge in [0.1, 0.15) is 5.82 Å². The van der Waals surface area contributed by atoms with Crippen LogP contribution in [0, 0.1) is 11.8 Å². The van der Waals surface area contributed by atoms with E-state index in [9.17, 15) is 4.79 Å². The van der Waals surface area contributed by atoms with Crippen LogP contribution in [0.3, 0.4) is 0 Å². The minimum absolute atomic E-state index is 0.350. The smallest absolute Gasteiger partial charge is 0.408 e. The van der Waals surface area contributed by atoms with Gasteiger partial charge in [-0.1, -0.05) is 43.4 Å². The molecule has 0 aliphatic heterocycles. The Morgan fingerprint density at radius 3 is 2.74 bits per heavy atom. The molecule has 2 aromatic heterocycles. The molecule has 4 rings (SSSR count). The van der Waals surface area contributed by atoms with Gasteiger partial charge in [-0.05, 0) is 43.4 Å². The second-order valence-corrected chi connectivity index (χ2v) is 7.67. The first-order valence-electron chi connectivity index (χ1n) is 10.2. The molecule has 0 aliphatic carbocycles. The van der Waals surface area contributed by atoms with Crippen LogP contribution in [-0.4, -0.2) is 34.1 Å². The zero-order valence-corrected chi connectivity index (χ0v) is 18.2. The fraction of sp³-hybridized carbons (Fsp3) is 0.250. The molecular formula is C24H23ClN4O2. The molecule has 2 heterocycles. The van der Waals surface area contributed by atoms with Crippen LogP contribution in [0.4, 0.5) is 5.82 Å². The molecule has 158 valence electrons. The van der Waals surface area contributed by atoms with Gasteiger partial charge >= 0.3 is 5.76 Å². The lowest BCUT2D eigenvalue weighted by atomic mass is 10.1. The highest BCUT2D eigenvalue weighted by atomic mass is 35.5. The van der Waals surface area contributed by atoms with Gasteiger partial charge in [0.15, 0.2) is 5.58 Å². The summed E-state index contributed by atoms with van der Waals surface area (Å²) < 4.78 is 7.06. The molecule has 0 radical (unpaired) electrons. The van der Waals surface area contributed by atoms with E-state index in [-0.39, 0.29) is 5.76 Å². The van der Waals surface area contributed by atoms with Crippen LogP contribution in [0.5, 0.6) is 0 Å². The number of fused-ring (bicyclic) bond motifs is 2. The zero-order chi connectivity index (χ0) is 22.0. The molecule has 0 saturated carbocycles. The lowest BCUT2D eigenvalue weighted by molar-refractivity contribution is 0.287. The number of benzene rings is 2. The molecule has 2 aromatic carbocycles. The van der Waals surface area contributed by atoms with E-state index in [2.05, 4.69) is 35.6 Å². The first-order valence-corrected chi connectivity index (χ1v) is 10.6. The van der Waals surface area contributed by atoms with Crippen LogP contribution in [0.15, 0.2) is 51.8 Å². The lowest BCUT2D eigenvalue weighted by Crippen LogP contribution is -2.29. The quantitative estimate of drug-likeness (QED) is 0.478. The summed E-state index contributed by atoms with van der Waals surface area (Å²) in [5.74, 6) is 6.28. The van der Waals surface area contributed by atoms with Crippen LogP contribution in [0.1, 0.15) is 25.0 Å². The molecule has 0 saturated heterocycles.